The molecule has 0 atom stereocenters. The monoisotopic (exact) mass is 537 g/mol. The number of hydrogen-bond donors (Lipinski definition) is 0. The van der Waals surface area contributed by atoms with Crippen LogP contribution in [0.4, 0.5) is 4.70 Å². The van der Waals surface area contributed by atoms with E-state index < -0.39 is 15.6 Å². The van der Waals surface area contributed by atoms with Gasteiger partial charge in [0.15, 0.2) is 0 Å². The molecule has 0 aliphatic carbocycles. The first kappa shape index (κ1) is 29.4. The molecule has 8 nitrogen and oxygen atoms in total. The maximum absolute atomic E-state index is 8.55. The molecular formula is FO8P2PbSn. The average Bonchev–Trinajstić information content (AvgIpc) is 1.12. The van der Waals surface area contributed by atoms with Crippen molar-refractivity contribution >= 4 is 66.9 Å². The summed E-state index contributed by atoms with van der Waals surface area (Å²) in [5.74, 6) is 0. The normalized spacial score (nSPS) is 9.08. The molecule has 13 heteroatoms. The zero-order valence-corrected chi connectivity index (χ0v) is 14.1. The van der Waals surface area contributed by atoms with Crippen LogP contribution in [-0.4, -0.2) is 51.2 Å². The summed E-state index contributed by atoms with van der Waals surface area (Å²) in [6.45, 7) is 0. The van der Waals surface area contributed by atoms with Gasteiger partial charge in [-0.05, 0) is 0 Å². The largest absolute Gasteiger partial charge is 4.00 e. The predicted octanol–water partition coefficient (Wildman–Crippen LogP) is -5.99. The average molecular weight is 535 g/mol. The molecule has 0 heterocycles. The Labute approximate surface area is 109 Å². The molecule has 0 spiro atoms. The Bertz CT molecular complexity index is 134. The minimum Gasteiger partial charge on any atom is -0.822 e. The maximum Gasteiger partial charge on any atom is 4.00 e. The quantitative estimate of drug-likeness (QED) is 0.218. The fourth-order valence-electron chi connectivity index (χ4n) is 0. The SMILES string of the molecule is O=P([O-])([O-])[O-].O=P([O-])([O-])[O-].[F].[Pb+2].[Sn+4]. The molecule has 3 radical (unpaired) electrons. The molecule has 73 valence electrons. The third-order valence-corrected chi connectivity index (χ3v) is 0. The van der Waals surface area contributed by atoms with Crippen LogP contribution in [0.2, 0.25) is 0 Å². The summed E-state index contributed by atoms with van der Waals surface area (Å²) in [7, 11) is -10.8. The van der Waals surface area contributed by atoms with E-state index in [2.05, 4.69) is 0 Å². The van der Waals surface area contributed by atoms with Crippen LogP contribution in [0.5, 0.6) is 0 Å². The molecule has 0 unspecified atom stereocenters. The van der Waals surface area contributed by atoms with Crippen molar-refractivity contribution in [2.24, 2.45) is 0 Å². The molecule has 13 heavy (non-hydrogen) atoms. The Balaban J connectivity index is -0.0000000267. The fraction of sp³-hybridized carbons (Fsp3) is 0. The molecular weight excluding hydrogens is 535 g/mol. The van der Waals surface area contributed by atoms with E-state index in [4.69, 9.17) is 38.5 Å². The Morgan fingerprint density at radius 3 is 0.692 bits per heavy atom. The van der Waals surface area contributed by atoms with Gasteiger partial charge in [0.2, 0.25) is 0 Å². The molecule has 0 rings (SSSR count). The first-order valence-electron chi connectivity index (χ1n) is 1.46. The van der Waals surface area contributed by atoms with Crippen molar-refractivity contribution in [3.05, 3.63) is 0 Å². The molecule has 0 saturated carbocycles. The van der Waals surface area contributed by atoms with E-state index in [9.17, 15) is 0 Å². The summed E-state index contributed by atoms with van der Waals surface area (Å²) in [6, 6.07) is 0. The Morgan fingerprint density at radius 2 is 0.692 bits per heavy atom. The standard InChI is InChI=1S/F.2H3O4P.Pb.Sn/c;2*1-5(2,3)4;;/h;2*(H3,1,2,3,4);;/q;;;+2;+4/p-6. The summed E-state index contributed by atoms with van der Waals surface area (Å²) in [5, 5.41) is 0. The smallest absolute Gasteiger partial charge is 0.822 e. The topological polar surface area (TPSA) is 172 Å². The predicted molar refractivity (Wildman–Crippen MR) is 27.8 cm³/mol. The summed E-state index contributed by atoms with van der Waals surface area (Å²) in [4.78, 5) is 51.3. The number of phosphoric acid groups is 2. The molecule has 0 aliphatic heterocycles. The zero-order chi connectivity index (χ0) is 9.00. The molecule has 0 aromatic rings. The Kier molecular flexibility index (Phi) is 27.0. The number of halogens is 1. The van der Waals surface area contributed by atoms with Crippen LogP contribution in [0.25, 0.3) is 0 Å². The van der Waals surface area contributed by atoms with Crippen LogP contribution in [0.3, 0.4) is 0 Å². The van der Waals surface area contributed by atoms with Crippen LogP contribution in [0, 0.1) is 0 Å². The number of rotatable bonds is 0. The third-order valence-electron chi connectivity index (χ3n) is 0. The Hall–Kier alpha value is 1.87. The minimum atomic E-state index is -5.39. The minimum absolute atomic E-state index is 0. The number of hydrogen-bond acceptors (Lipinski definition) is 8. The van der Waals surface area contributed by atoms with Gasteiger partial charge in [-0.2, -0.15) is 15.6 Å². The van der Waals surface area contributed by atoms with Crippen LogP contribution >= 0.6 is 15.6 Å². The van der Waals surface area contributed by atoms with E-state index in [-0.39, 0.29) is 55.9 Å². The van der Waals surface area contributed by atoms with E-state index in [1.807, 2.05) is 0 Å². The van der Waals surface area contributed by atoms with Gasteiger partial charge < -0.3 is 38.5 Å². The van der Waals surface area contributed by atoms with Gasteiger partial charge in [0.05, 0.1) is 0 Å². The van der Waals surface area contributed by atoms with Crippen molar-refractivity contribution in [1.82, 2.24) is 0 Å². The fourth-order valence-corrected chi connectivity index (χ4v) is 0. The second-order valence-electron chi connectivity index (χ2n) is 0.894. The Morgan fingerprint density at radius 1 is 0.692 bits per heavy atom. The summed E-state index contributed by atoms with van der Waals surface area (Å²) in [6.07, 6.45) is 0. The van der Waals surface area contributed by atoms with Gasteiger partial charge in [-0.25, -0.2) is 0 Å². The van der Waals surface area contributed by atoms with Crippen molar-refractivity contribution < 1.29 is 43.2 Å². The van der Waals surface area contributed by atoms with E-state index in [0.717, 1.165) is 0 Å². The second kappa shape index (κ2) is 11.9. The van der Waals surface area contributed by atoms with Crippen molar-refractivity contribution in [1.29, 1.82) is 0 Å². The van der Waals surface area contributed by atoms with Gasteiger partial charge in [0.1, 0.15) is 0 Å². The first-order chi connectivity index (χ1) is 4.00. The molecule has 0 aromatic carbocycles. The molecule has 0 N–H and O–H groups in total. The second-order valence-corrected chi connectivity index (χ2v) is 2.68. The molecule has 0 bridgehead atoms. The third kappa shape index (κ3) is 558. The summed E-state index contributed by atoms with van der Waals surface area (Å²) in [5.41, 5.74) is 0. The van der Waals surface area contributed by atoms with Crippen LogP contribution < -0.4 is 29.4 Å². The van der Waals surface area contributed by atoms with Crippen molar-refractivity contribution in [2.75, 3.05) is 0 Å². The summed E-state index contributed by atoms with van der Waals surface area (Å²) >= 11 is 0. The molecule has 0 aliphatic rings. The van der Waals surface area contributed by atoms with Crippen molar-refractivity contribution in [3.63, 3.8) is 0 Å². The first-order valence-corrected chi connectivity index (χ1v) is 4.38. The molecule has 0 saturated heterocycles. The van der Waals surface area contributed by atoms with E-state index >= 15 is 0 Å². The van der Waals surface area contributed by atoms with Gasteiger partial charge in [-0.1, -0.05) is 0 Å². The van der Waals surface area contributed by atoms with Crippen LogP contribution in [0.1, 0.15) is 0 Å². The van der Waals surface area contributed by atoms with Crippen molar-refractivity contribution in [3.8, 4) is 0 Å². The van der Waals surface area contributed by atoms with Crippen LogP contribution in [0.15, 0.2) is 0 Å². The summed E-state index contributed by atoms with van der Waals surface area (Å²) < 4.78 is 17.1. The van der Waals surface area contributed by atoms with E-state index in [1.54, 1.807) is 0 Å². The van der Waals surface area contributed by atoms with Gasteiger partial charge in [-0.15, -0.1) is 0 Å². The zero-order valence-electron chi connectivity index (χ0n) is 5.54. The van der Waals surface area contributed by atoms with Crippen LogP contribution in [-0.2, 0) is 9.13 Å². The van der Waals surface area contributed by atoms with E-state index in [1.165, 1.54) is 0 Å². The molecule has 0 aromatic heterocycles. The van der Waals surface area contributed by atoms with Gasteiger partial charge in [0.25, 0.3) is 0 Å². The van der Waals surface area contributed by atoms with Gasteiger partial charge >= 0.3 is 51.2 Å². The maximum atomic E-state index is 8.55. The molecule has 0 amide bonds. The van der Waals surface area contributed by atoms with Gasteiger partial charge in [-0.3, -0.25) is 0 Å². The van der Waals surface area contributed by atoms with E-state index in [0.29, 0.717) is 0 Å². The molecule has 0 fully saturated rings. The van der Waals surface area contributed by atoms with Crippen molar-refractivity contribution in [2.45, 2.75) is 0 Å². The van der Waals surface area contributed by atoms with Gasteiger partial charge in [0, 0.05) is 4.70 Å².